The topological polar surface area (TPSA) is 78.4 Å². The molecule has 0 aromatic heterocycles. The zero-order valence-electron chi connectivity index (χ0n) is 7.63. The standard InChI is InChI=1S/3C2H5.ClHO4.Sn/c3*1-2;2-1(3,4)5;/h3*1H2,2H3;(H,2,3,4,5);/q;;;;+1/p-1. The van der Waals surface area contributed by atoms with E-state index in [1.165, 1.54) is 0 Å². The number of hydrogen-bond donors (Lipinski definition) is 0. The van der Waals surface area contributed by atoms with Crippen molar-refractivity contribution in [1.82, 2.24) is 0 Å². The molecule has 0 unspecified atom stereocenters. The predicted octanol–water partition coefficient (Wildman–Crippen LogP) is -1.09. The van der Waals surface area contributed by atoms with Crippen LogP contribution in [0, 0.1) is 10.2 Å². The second-order valence-electron chi connectivity index (χ2n) is 2.70. The molecule has 0 atom stereocenters. The van der Waals surface area contributed by atoms with Crippen LogP contribution in [0.3, 0.4) is 0 Å². The van der Waals surface area contributed by atoms with Crippen LogP contribution in [-0.2, 0) is 2.63 Å². The Kier molecular flexibility index (Phi) is 5.36. The second kappa shape index (κ2) is 4.97. The van der Waals surface area contributed by atoms with Gasteiger partial charge in [-0.05, 0) is 0 Å². The van der Waals surface area contributed by atoms with Crippen LogP contribution in [0.4, 0.5) is 0 Å². The maximum atomic E-state index is 10.4. The molecule has 6 heteroatoms. The van der Waals surface area contributed by atoms with Gasteiger partial charge in [-0.25, -0.2) is 0 Å². The Bertz CT molecular complexity index is 124. The predicted molar refractivity (Wildman–Crippen MR) is 38.3 cm³/mol. The average Bonchev–Trinajstić information content (AvgIpc) is 1.99. The Morgan fingerprint density at radius 2 is 1.33 bits per heavy atom. The van der Waals surface area contributed by atoms with Gasteiger partial charge >= 0.3 is 79.7 Å². The molecule has 4 nitrogen and oxygen atoms in total. The fourth-order valence-electron chi connectivity index (χ4n) is 1.11. The zero-order valence-corrected chi connectivity index (χ0v) is 11.2. The number of halogens is 1. The molecule has 0 aromatic carbocycles. The summed E-state index contributed by atoms with van der Waals surface area (Å²) in [5.74, 6) is 0. The van der Waals surface area contributed by atoms with Gasteiger partial charge in [-0.1, -0.05) is 0 Å². The summed E-state index contributed by atoms with van der Waals surface area (Å²) < 4.78 is 38.0. The third kappa shape index (κ3) is 4.25. The van der Waals surface area contributed by atoms with Crippen molar-refractivity contribution in [1.29, 1.82) is 0 Å². The van der Waals surface area contributed by atoms with Crippen LogP contribution >= 0.6 is 0 Å². The van der Waals surface area contributed by atoms with Crippen molar-refractivity contribution in [3.8, 4) is 0 Å². The first-order chi connectivity index (χ1) is 5.39. The van der Waals surface area contributed by atoms with Gasteiger partial charge < -0.3 is 0 Å². The summed E-state index contributed by atoms with van der Waals surface area (Å²) in [7, 11) is -4.21. The van der Waals surface area contributed by atoms with Gasteiger partial charge in [0.1, 0.15) is 0 Å². The van der Waals surface area contributed by atoms with Crippen molar-refractivity contribution < 1.29 is 26.8 Å². The van der Waals surface area contributed by atoms with Gasteiger partial charge in [0.2, 0.25) is 0 Å². The van der Waals surface area contributed by atoms with Crippen LogP contribution in [0.2, 0.25) is 13.3 Å². The Labute approximate surface area is 79.7 Å². The molecule has 0 aliphatic carbocycles. The Morgan fingerprint density at radius 3 is 1.42 bits per heavy atom. The van der Waals surface area contributed by atoms with Crippen LogP contribution in [-0.4, -0.2) is 18.8 Å². The van der Waals surface area contributed by atoms with E-state index in [4.69, 9.17) is 0 Å². The molecule has 0 aromatic rings. The molecular weight excluding hydrogens is 290 g/mol. The molecule has 0 amide bonds. The number of rotatable bonds is 5. The molecule has 0 fully saturated rings. The Morgan fingerprint density at radius 1 is 1.00 bits per heavy atom. The van der Waals surface area contributed by atoms with Crippen LogP contribution in [0.15, 0.2) is 0 Å². The SMILES string of the molecule is C[CH2][Sn]([CH2]C)([CH2]C)[O][Cl+3]([O-])([O-])[O-]. The van der Waals surface area contributed by atoms with E-state index in [9.17, 15) is 14.0 Å². The first-order valence-corrected chi connectivity index (χ1v) is 12.5. The molecular formula is C6H15ClO4Sn. The summed E-state index contributed by atoms with van der Waals surface area (Å²) in [6.07, 6.45) is 0. The van der Waals surface area contributed by atoms with Gasteiger partial charge in [-0.2, -0.15) is 0 Å². The van der Waals surface area contributed by atoms with E-state index in [1.807, 2.05) is 20.8 Å². The zero-order chi connectivity index (χ0) is 9.83. The quantitative estimate of drug-likeness (QED) is 0.604. The molecule has 0 aliphatic rings. The van der Waals surface area contributed by atoms with Crippen LogP contribution in [0.5, 0.6) is 0 Å². The Hall–Kier alpha value is 0.929. The van der Waals surface area contributed by atoms with Crippen molar-refractivity contribution >= 4 is 18.8 Å². The second-order valence-corrected chi connectivity index (χ2v) is 17.7. The maximum absolute atomic E-state index is 10.4. The first-order valence-electron chi connectivity index (χ1n) is 4.00. The van der Waals surface area contributed by atoms with Crippen LogP contribution in [0.1, 0.15) is 20.8 Å². The van der Waals surface area contributed by atoms with E-state index >= 15 is 0 Å². The van der Waals surface area contributed by atoms with E-state index in [0.717, 1.165) is 13.3 Å². The first kappa shape index (κ1) is 12.9. The van der Waals surface area contributed by atoms with Gasteiger partial charge in [0.05, 0.1) is 0 Å². The van der Waals surface area contributed by atoms with E-state index in [2.05, 4.69) is 2.63 Å². The van der Waals surface area contributed by atoms with Crippen molar-refractivity contribution in [2.75, 3.05) is 0 Å². The minimum absolute atomic E-state index is 0.732. The molecule has 0 saturated heterocycles. The van der Waals surface area contributed by atoms with Crippen LogP contribution in [0.25, 0.3) is 0 Å². The Balaban J connectivity index is 4.30. The van der Waals surface area contributed by atoms with E-state index in [1.54, 1.807) is 0 Å². The number of hydrogen-bond acceptors (Lipinski definition) is 4. The summed E-state index contributed by atoms with van der Waals surface area (Å²) in [5.41, 5.74) is 0. The molecule has 0 radical (unpaired) electrons. The molecule has 74 valence electrons. The molecule has 0 spiro atoms. The molecule has 0 aliphatic heterocycles. The van der Waals surface area contributed by atoms with Crippen molar-refractivity contribution in [3.05, 3.63) is 0 Å². The summed E-state index contributed by atoms with van der Waals surface area (Å²) in [6, 6.07) is 0. The van der Waals surface area contributed by atoms with Gasteiger partial charge in [0.15, 0.2) is 0 Å². The molecule has 12 heavy (non-hydrogen) atoms. The molecule has 0 saturated carbocycles. The van der Waals surface area contributed by atoms with Gasteiger partial charge in [0.25, 0.3) is 0 Å². The molecule has 0 rings (SSSR count). The molecule has 0 N–H and O–H groups in total. The van der Waals surface area contributed by atoms with Crippen LogP contribution < -0.4 is 14.0 Å². The summed E-state index contributed by atoms with van der Waals surface area (Å²) in [5, 5.41) is 0. The van der Waals surface area contributed by atoms with E-state index in [0.29, 0.717) is 0 Å². The normalized spacial score (nSPS) is 13.5. The van der Waals surface area contributed by atoms with Crippen molar-refractivity contribution in [2.24, 2.45) is 0 Å². The summed E-state index contributed by atoms with van der Waals surface area (Å²) in [6.45, 7) is 5.68. The summed E-state index contributed by atoms with van der Waals surface area (Å²) >= 11 is -3.01. The summed E-state index contributed by atoms with van der Waals surface area (Å²) in [4.78, 5) is 0. The van der Waals surface area contributed by atoms with Gasteiger partial charge in [-0.15, -0.1) is 0 Å². The van der Waals surface area contributed by atoms with E-state index < -0.39 is 29.0 Å². The minimum atomic E-state index is -4.21. The fraction of sp³-hybridized carbons (Fsp3) is 1.00. The monoisotopic (exact) mass is 306 g/mol. The average molecular weight is 305 g/mol. The molecule has 0 bridgehead atoms. The van der Waals surface area contributed by atoms with E-state index in [-0.39, 0.29) is 0 Å². The molecule has 0 heterocycles. The van der Waals surface area contributed by atoms with Crippen molar-refractivity contribution in [2.45, 2.75) is 34.1 Å². The van der Waals surface area contributed by atoms with Gasteiger partial charge in [0, 0.05) is 0 Å². The third-order valence-electron chi connectivity index (χ3n) is 2.19. The fourth-order valence-corrected chi connectivity index (χ4v) is 12.4. The van der Waals surface area contributed by atoms with Crippen molar-refractivity contribution in [3.63, 3.8) is 0 Å². The van der Waals surface area contributed by atoms with Gasteiger partial charge in [-0.3, -0.25) is 0 Å². The third-order valence-corrected chi connectivity index (χ3v) is 18.2.